The normalized spacial score (nSPS) is 11.7. The predicted molar refractivity (Wildman–Crippen MR) is 328 cm³/mol. The Balaban J connectivity index is 1.63. The van der Waals surface area contributed by atoms with E-state index in [1.165, 1.54) is 180 Å². The van der Waals surface area contributed by atoms with Crippen LogP contribution in [0.1, 0.15) is 0 Å². The zero-order valence-electron chi connectivity index (χ0n) is 39.5. The Morgan fingerprint density at radius 2 is 0.492 bits per heavy atom. The minimum absolute atomic E-state index is 1.28. The molecule has 8 aromatic rings. The molecule has 0 aliphatic rings. The molecule has 0 fully saturated rings. The highest BCUT2D eigenvalue weighted by atomic mass is 14.3. The number of hydrogen-bond donors (Lipinski definition) is 0. The van der Waals surface area contributed by atoms with Gasteiger partial charge in [-0.25, -0.2) is 0 Å². The van der Waals surface area contributed by atoms with Gasteiger partial charge in [0.15, 0.2) is 0 Å². The van der Waals surface area contributed by atoms with E-state index in [-0.39, 0.29) is 0 Å². The lowest BCUT2D eigenvalue weighted by Crippen LogP contribution is -2.53. The third-order valence-electron chi connectivity index (χ3n) is 16.3. The van der Waals surface area contributed by atoms with E-state index in [9.17, 15) is 0 Å². The zero-order valence-corrected chi connectivity index (χ0v) is 39.5. The number of fused-ring (bicyclic) bond motifs is 4. The standard InChI is InChI=1S/C40H45B19/c41-22-18(29(48)32(51)21-19(22)33(52)39(58)40(59)34(21)53)20-30(49)27(46)17(28(47)31(20)50)12-15-13(23(42)35(54)37(56)25(15)44)11(10-7-3-5-8-4-1-2-6-9(8)10)14-16(12)26(45)38(57)36(55)24(14)43/h1-7H,41-59H2. The van der Waals surface area contributed by atoms with Gasteiger partial charge in [-0.3, -0.25) is 0 Å². The van der Waals surface area contributed by atoms with Crippen LogP contribution in [-0.4, -0.2) is 149 Å². The van der Waals surface area contributed by atoms with Crippen LogP contribution in [0.3, 0.4) is 0 Å². The summed E-state index contributed by atoms with van der Waals surface area (Å²) in [5.41, 5.74) is 35.0. The van der Waals surface area contributed by atoms with E-state index in [1.807, 2.05) is 0 Å². The van der Waals surface area contributed by atoms with Crippen LogP contribution < -0.4 is 104 Å². The molecule has 0 nitrogen and oxygen atoms in total. The Labute approximate surface area is 369 Å². The summed E-state index contributed by atoms with van der Waals surface area (Å²) in [5.74, 6) is 0. The zero-order chi connectivity index (χ0) is 43.0. The highest BCUT2D eigenvalue weighted by Gasteiger charge is 2.29. The smallest absolute Gasteiger partial charge is 0.101 e. The fourth-order valence-corrected chi connectivity index (χ4v) is 11.6. The Kier molecular flexibility index (Phi) is 10.3. The van der Waals surface area contributed by atoms with E-state index >= 15 is 0 Å². The molecule has 0 radical (unpaired) electrons. The van der Waals surface area contributed by atoms with Gasteiger partial charge in [0.1, 0.15) is 149 Å². The Hall–Kier alpha value is -3.97. The highest BCUT2D eigenvalue weighted by molar-refractivity contribution is 6.75. The van der Waals surface area contributed by atoms with Gasteiger partial charge in [-0.1, -0.05) is 113 Å². The van der Waals surface area contributed by atoms with Gasteiger partial charge < -0.3 is 0 Å². The molecule has 0 bridgehead atoms. The lowest BCUT2D eigenvalue weighted by Gasteiger charge is -2.32. The van der Waals surface area contributed by atoms with Crippen LogP contribution in [0.25, 0.3) is 76.5 Å². The molecule has 0 saturated heterocycles. The van der Waals surface area contributed by atoms with E-state index in [4.69, 9.17) is 0 Å². The number of rotatable bonds is 3. The lowest BCUT2D eigenvalue weighted by atomic mass is 9.55. The summed E-state index contributed by atoms with van der Waals surface area (Å²) >= 11 is 0. The summed E-state index contributed by atoms with van der Waals surface area (Å²) in [4.78, 5) is 0. The minimum atomic E-state index is 1.28. The van der Waals surface area contributed by atoms with Gasteiger partial charge in [-0.15, -0.1) is 32.8 Å². The molecule has 59 heavy (non-hydrogen) atoms. The van der Waals surface area contributed by atoms with E-state index in [2.05, 4.69) is 192 Å². The van der Waals surface area contributed by atoms with Crippen molar-refractivity contribution in [2.24, 2.45) is 0 Å². The van der Waals surface area contributed by atoms with Crippen LogP contribution in [0.5, 0.6) is 0 Å². The summed E-state index contributed by atoms with van der Waals surface area (Å²) in [6, 6.07) is 15.9. The van der Waals surface area contributed by atoms with Crippen molar-refractivity contribution in [1.82, 2.24) is 0 Å². The van der Waals surface area contributed by atoms with Crippen molar-refractivity contribution in [1.29, 1.82) is 0 Å². The van der Waals surface area contributed by atoms with Crippen molar-refractivity contribution in [3.05, 3.63) is 42.5 Å². The maximum Gasteiger partial charge on any atom is 0.140 e. The second kappa shape index (κ2) is 14.6. The summed E-state index contributed by atoms with van der Waals surface area (Å²) < 4.78 is 0. The average Bonchev–Trinajstić information content (AvgIpc) is 3.22. The molecule has 0 atom stereocenters. The first kappa shape index (κ1) is 41.8. The number of hydrogen-bond acceptors (Lipinski definition) is 0. The summed E-state index contributed by atoms with van der Waals surface area (Å²) in [6.07, 6.45) is 0. The first-order chi connectivity index (χ1) is 27.8. The van der Waals surface area contributed by atoms with Crippen LogP contribution in [-0.2, 0) is 0 Å². The molecule has 0 spiro atoms. The SMILES string of the molecule is Bc1c(B)c(-c2c3c(B)c(B)c(B)c(B)c3c(-c3cccc4ccccc34)c3c(B)c(B)c(B)c(B)c23)c(B)c(B)c1-c1c(B)c(B)c2c(B)c(B)c(B)c(B)c2c1B. The topological polar surface area (TPSA) is 0 Å². The molecule has 262 valence electrons. The first-order valence-corrected chi connectivity index (χ1v) is 21.8. The van der Waals surface area contributed by atoms with E-state index in [0.717, 1.165) is 0 Å². The Morgan fingerprint density at radius 1 is 0.203 bits per heavy atom. The Bertz CT molecular complexity index is 3150. The molecule has 0 unspecified atom stereocenters. The lowest BCUT2D eigenvalue weighted by molar-refractivity contribution is 1.73. The van der Waals surface area contributed by atoms with Crippen molar-refractivity contribution in [2.45, 2.75) is 0 Å². The molecular formula is C40H45B19. The molecule has 0 amide bonds. The first-order valence-electron chi connectivity index (χ1n) is 21.8. The van der Waals surface area contributed by atoms with Crippen LogP contribution in [0.4, 0.5) is 0 Å². The maximum absolute atomic E-state index is 2.42. The molecule has 0 aliphatic heterocycles. The largest absolute Gasteiger partial charge is 0.140 e. The van der Waals surface area contributed by atoms with Gasteiger partial charge >= 0.3 is 0 Å². The fourth-order valence-electron chi connectivity index (χ4n) is 11.6. The van der Waals surface area contributed by atoms with E-state index < -0.39 is 0 Å². The van der Waals surface area contributed by atoms with Crippen molar-refractivity contribution in [2.75, 3.05) is 0 Å². The average molecular weight is 731 g/mol. The molecule has 0 aromatic heterocycles. The van der Waals surface area contributed by atoms with Gasteiger partial charge in [-0.05, 0) is 76.5 Å². The molecule has 8 aromatic carbocycles. The van der Waals surface area contributed by atoms with Crippen LogP contribution in [0.15, 0.2) is 42.5 Å². The van der Waals surface area contributed by atoms with Crippen molar-refractivity contribution in [3.8, 4) is 33.4 Å². The van der Waals surface area contributed by atoms with Gasteiger partial charge in [-0.2, -0.15) is 0 Å². The fraction of sp³-hybridized carbons (Fsp3) is 0. The second-order valence-electron chi connectivity index (χ2n) is 18.5. The van der Waals surface area contributed by atoms with Crippen LogP contribution in [0, 0.1) is 0 Å². The Morgan fingerprint density at radius 3 is 0.932 bits per heavy atom. The summed E-state index contributed by atoms with van der Waals surface area (Å²) in [7, 11) is 45.0. The molecule has 0 aliphatic carbocycles. The van der Waals surface area contributed by atoms with Crippen molar-refractivity contribution >= 4 is 296 Å². The minimum Gasteiger partial charge on any atom is -0.101 e. The van der Waals surface area contributed by atoms with Gasteiger partial charge in [0.05, 0.1) is 0 Å². The van der Waals surface area contributed by atoms with E-state index in [0.29, 0.717) is 0 Å². The molecule has 0 heterocycles. The monoisotopic (exact) mass is 735 g/mol. The summed E-state index contributed by atoms with van der Waals surface area (Å²) in [5, 5.41) is 11.1. The van der Waals surface area contributed by atoms with Crippen LogP contribution in [0.2, 0.25) is 0 Å². The third kappa shape index (κ3) is 5.64. The van der Waals surface area contributed by atoms with Gasteiger partial charge in [0.2, 0.25) is 0 Å². The molecule has 0 saturated carbocycles. The third-order valence-corrected chi connectivity index (χ3v) is 16.3. The molecule has 19 heteroatoms. The second-order valence-corrected chi connectivity index (χ2v) is 18.5. The maximum atomic E-state index is 2.42. The van der Waals surface area contributed by atoms with Crippen molar-refractivity contribution in [3.63, 3.8) is 0 Å². The molecule has 0 N–H and O–H groups in total. The molecule has 8 rings (SSSR count). The van der Waals surface area contributed by atoms with Crippen molar-refractivity contribution < 1.29 is 0 Å². The number of benzene rings is 8. The van der Waals surface area contributed by atoms with Crippen LogP contribution >= 0.6 is 0 Å². The molecular weight excluding hydrogens is 686 g/mol. The quantitative estimate of drug-likeness (QED) is 0.125. The van der Waals surface area contributed by atoms with Gasteiger partial charge in [0, 0.05) is 0 Å². The summed E-state index contributed by atoms with van der Waals surface area (Å²) in [6.45, 7) is 0. The highest BCUT2D eigenvalue weighted by Crippen LogP contribution is 2.42. The van der Waals surface area contributed by atoms with E-state index in [1.54, 1.807) is 0 Å². The van der Waals surface area contributed by atoms with Gasteiger partial charge in [0.25, 0.3) is 0 Å². The predicted octanol–water partition coefficient (Wildman–Crippen LogP) is -21.8.